The van der Waals surface area contributed by atoms with E-state index in [0.29, 0.717) is 59.1 Å². The molecule has 2 unspecified atom stereocenters. The van der Waals surface area contributed by atoms with Crippen LogP contribution in [0.1, 0.15) is 36.4 Å². The third kappa shape index (κ3) is 4.59. The predicted molar refractivity (Wildman–Crippen MR) is 141 cm³/mol. The Morgan fingerprint density at radius 3 is 2.68 bits per heavy atom. The molecule has 1 fully saturated rings. The molecule has 6 rings (SSSR count). The molecule has 2 aliphatic rings. The number of nitrogens with zero attached hydrogens (tertiary/aromatic N) is 5. The van der Waals surface area contributed by atoms with E-state index in [1.807, 2.05) is 25.1 Å². The van der Waals surface area contributed by atoms with Crippen molar-refractivity contribution in [3.63, 3.8) is 0 Å². The number of rotatable bonds is 6. The van der Waals surface area contributed by atoms with Gasteiger partial charge in [-0.1, -0.05) is 23.2 Å². The van der Waals surface area contributed by atoms with E-state index in [-0.39, 0.29) is 12.1 Å². The topological polar surface area (TPSA) is 120 Å². The number of benzene rings is 1. The van der Waals surface area contributed by atoms with Crippen LogP contribution in [0.5, 0.6) is 5.75 Å². The molecule has 0 bridgehead atoms. The van der Waals surface area contributed by atoms with E-state index in [0.717, 1.165) is 28.7 Å². The molecule has 2 aliphatic heterocycles. The molecule has 0 aliphatic carbocycles. The van der Waals surface area contributed by atoms with E-state index in [1.165, 1.54) is 6.26 Å². The molecular weight excluding hydrogens is 537 g/mol. The Hall–Kier alpha value is -2.70. The summed E-state index contributed by atoms with van der Waals surface area (Å²) in [4.78, 5) is 14.6. The molecule has 4 aromatic rings. The van der Waals surface area contributed by atoms with Crippen LogP contribution < -0.4 is 4.74 Å². The van der Waals surface area contributed by atoms with Crippen LogP contribution in [0.2, 0.25) is 10.0 Å². The zero-order valence-corrected chi connectivity index (χ0v) is 22.5. The van der Waals surface area contributed by atoms with Crippen LogP contribution >= 0.6 is 23.2 Å². The maximum Gasteiger partial charge on any atom is 0.211 e. The number of aromatic amines is 2. The Labute approximate surface area is 224 Å². The third-order valence-corrected chi connectivity index (χ3v) is 8.93. The van der Waals surface area contributed by atoms with Crippen LogP contribution in [-0.2, 0) is 23.1 Å². The minimum atomic E-state index is -3.16. The molecule has 1 aromatic carbocycles. The summed E-state index contributed by atoms with van der Waals surface area (Å²) in [6.07, 6.45) is 4.80. The summed E-state index contributed by atoms with van der Waals surface area (Å²) in [6.45, 7) is 4.35. The maximum atomic E-state index is 11.9. The fraction of sp³-hybridized carbons (Fsp3) is 0.375. The lowest BCUT2D eigenvalue weighted by Gasteiger charge is -2.23. The molecule has 13 heteroatoms. The number of aromatic nitrogens is 5. The second-order valence-electron chi connectivity index (χ2n) is 9.54. The molecule has 37 heavy (non-hydrogen) atoms. The smallest absolute Gasteiger partial charge is 0.211 e. The summed E-state index contributed by atoms with van der Waals surface area (Å²) in [7, 11) is -3.16. The summed E-state index contributed by atoms with van der Waals surface area (Å²) in [5, 5.41) is 9.35. The van der Waals surface area contributed by atoms with E-state index in [1.54, 1.807) is 16.7 Å². The van der Waals surface area contributed by atoms with Crippen molar-refractivity contribution in [2.45, 2.75) is 38.6 Å². The van der Waals surface area contributed by atoms with Gasteiger partial charge in [-0.3, -0.25) is 15.0 Å². The van der Waals surface area contributed by atoms with Gasteiger partial charge in [0.2, 0.25) is 10.0 Å². The van der Waals surface area contributed by atoms with Gasteiger partial charge in [-0.15, -0.1) is 0 Å². The van der Waals surface area contributed by atoms with Crippen LogP contribution in [-0.4, -0.2) is 68.2 Å². The van der Waals surface area contributed by atoms with Gasteiger partial charge in [0, 0.05) is 55.6 Å². The molecule has 0 radical (unpaired) electrons. The number of fused-ring (bicyclic) bond motifs is 2. The van der Waals surface area contributed by atoms with Gasteiger partial charge in [-0.25, -0.2) is 17.7 Å². The molecule has 3 aromatic heterocycles. The summed E-state index contributed by atoms with van der Waals surface area (Å²) >= 11 is 12.6. The van der Waals surface area contributed by atoms with Crippen molar-refractivity contribution in [3.8, 4) is 17.3 Å². The van der Waals surface area contributed by atoms with Crippen LogP contribution in [0.3, 0.4) is 0 Å². The fourth-order valence-corrected chi connectivity index (χ4v) is 6.71. The zero-order chi connectivity index (χ0) is 25.9. The van der Waals surface area contributed by atoms with Gasteiger partial charge in [-0.05, 0) is 31.5 Å². The average molecular weight is 562 g/mol. The number of H-pyrrole nitrogens is 2. The van der Waals surface area contributed by atoms with E-state index in [4.69, 9.17) is 32.9 Å². The number of sulfonamides is 1. The number of halogens is 2. The van der Waals surface area contributed by atoms with Crippen molar-refractivity contribution in [1.29, 1.82) is 0 Å². The molecule has 5 heterocycles. The summed E-state index contributed by atoms with van der Waals surface area (Å²) in [5.74, 6) is 1.33. The second-order valence-corrected chi connectivity index (χ2v) is 12.3. The minimum Gasteiger partial charge on any atom is -0.486 e. The lowest BCUT2D eigenvalue weighted by molar-refractivity contribution is 0.204. The predicted octanol–water partition coefficient (Wildman–Crippen LogP) is 4.14. The summed E-state index contributed by atoms with van der Waals surface area (Å²) < 4.78 is 31.5. The minimum absolute atomic E-state index is 0.191. The molecule has 2 N–H and O–H groups in total. The van der Waals surface area contributed by atoms with Crippen molar-refractivity contribution in [2.24, 2.45) is 0 Å². The molecule has 0 amide bonds. The van der Waals surface area contributed by atoms with E-state index in [9.17, 15) is 8.42 Å². The first-order valence-corrected chi connectivity index (χ1v) is 14.5. The highest BCUT2D eigenvalue weighted by Gasteiger charge is 2.36. The Morgan fingerprint density at radius 2 is 1.97 bits per heavy atom. The number of hydrogen-bond donors (Lipinski definition) is 2. The monoisotopic (exact) mass is 561 g/mol. The van der Waals surface area contributed by atoms with Gasteiger partial charge in [0.05, 0.1) is 33.2 Å². The molecule has 0 spiro atoms. The average Bonchev–Trinajstić information content (AvgIpc) is 3.60. The Bertz CT molecular complexity index is 1560. The molecule has 10 nitrogen and oxygen atoms in total. The largest absolute Gasteiger partial charge is 0.486 e. The third-order valence-electron chi connectivity index (χ3n) is 7.06. The summed E-state index contributed by atoms with van der Waals surface area (Å²) in [5.41, 5.74) is 4.25. The van der Waals surface area contributed by atoms with E-state index in [2.05, 4.69) is 25.1 Å². The highest BCUT2D eigenvalue weighted by Crippen LogP contribution is 2.35. The number of ether oxygens (including phenoxy) is 1. The number of nitrogens with one attached hydrogen (secondary N) is 2. The highest BCUT2D eigenvalue weighted by atomic mass is 35.5. The van der Waals surface area contributed by atoms with Crippen molar-refractivity contribution < 1.29 is 13.2 Å². The highest BCUT2D eigenvalue weighted by molar-refractivity contribution is 7.88. The van der Waals surface area contributed by atoms with Crippen LogP contribution in [0.25, 0.3) is 22.4 Å². The Balaban J connectivity index is 1.21. The first kappa shape index (κ1) is 24.6. The van der Waals surface area contributed by atoms with Crippen LogP contribution in [0.4, 0.5) is 0 Å². The van der Waals surface area contributed by atoms with Gasteiger partial charge >= 0.3 is 0 Å². The van der Waals surface area contributed by atoms with Crippen molar-refractivity contribution >= 4 is 44.1 Å². The molecular formula is C24H25Cl2N7O3S. The Kier molecular flexibility index (Phi) is 6.15. The number of hydrogen-bond acceptors (Lipinski definition) is 7. The second kappa shape index (κ2) is 9.25. The normalized spacial score (nSPS) is 19.5. The zero-order valence-electron chi connectivity index (χ0n) is 20.2. The van der Waals surface area contributed by atoms with Crippen molar-refractivity contribution in [3.05, 3.63) is 57.6 Å². The molecule has 0 saturated carbocycles. The van der Waals surface area contributed by atoms with E-state index >= 15 is 0 Å². The van der Waals surface area contributed by atoms with Gasteiger partial charge in [0.15, 0.2) is 5.82 Å². The van der Waals surface area contributed by atoms with Gasteiger partial charge in [-0.2, -0.15) is 5.10 Å². The van der Waals surface area contributed by atoms with Gasteiger partial charge < -0.3 is 9.72 Å². The van der Waals surface area contributed by atoms with Crippen molar-refractivity contribution in [2.75, 3.05) is 19.3 Å². The maximum absolute atomic E-state index is 11.9. The van der Waals surface area contributed by atoms with E-state index < -0.39 is 10.0 Å². The summed E-state index contributed by atoms with van der Waals surface area (Å²) in [6, 6.07) is 5.89. The lowest BCUT2D eigenvalue weighted by Crippen LogP contribution is -2.35. The van der Waals surface area contributed by atoms with Crippen LogP contribution in [0.15, 0.2) is 30.6 Å². The fourth-order valence-electron chi connectivity index (χ4n) is 5.16. The Morgan fingerprint density at radius 1 is 1.19 bits per heavy atom. The molecule has 1 saturated heterocycles. The standard InChI is InChI=1S/C24H25Cl2N7O3S/c1-13(22-17(25)8-27-9-18(22)26)36-15-3-4-19-16(7-15)23(31-30-19)24-28-20-11-32(12-21(20)29-24)14-5-6-33(10-14)37(2,34)35/h3-4,7-9,13-14H,5-6,10-12H2,1-2H3,(H,28,29)(H,30,31). The number of pyridine rings is 1. The molecule has 194 valence electrons. The van der Waals surface area contributed by atoms with Gasteiger partial charge in [0.1, 0.15) is 17.5 Å². The first-order chi connectivity index (χ1) is 17.7. The van der Waals surface area contributed by atoms with Crippen molar-refractivity contribution in [1.82, 2.24) is 34.4 Å². The quantitative estimate of drug-likeness (QED) is 0.362. The van der Waals surface area contributed by atoms with Crippen LogP contribution in [0, 0.1) is 0 Å². The number of imidazole rings is 1. The molecule has 2 atom stereocenters. The lowest BCUT2D eigenvalue weighted by atomic mass is 10.1. The van der Waals surface area contributed by atoms with Gasteiger partial charge in [0.25, 0.3) is 0 Å². The SMILES string of the molecule is CC(Oc1ccc2[nH]nc(-c3nc4c([nH]3)CN(C3CCN(S(C)(=O)=O)C3)C4)c2c1)c1c(Cl)cncc1Cl. The first-order valence-electron chi connectivity index (χ1n) is 11.9.